The van der Waals surface area contributed by atoms with E-state index < -0.39 is 17.6 Å². The van der Waals surface area contributed by atoms with Crippen molar-refractivity contribution in [2.75, 3.05) is 0 Å². The monoisotopic (exact) mass is 310 g/mol. The fraction of sp³-hybridized carbons (Fsp3) is 0.118. The molecule has 0 amide bonds. The number of nitrogens with zero attached hydrogens (tertiary/aromatic N) is 2. The van der Waals surface area contributed by atoms with Crippen molar-refractivity contribution < 1.29 is 19.5 Å². The van der Waals surface area contributed by atoms with Crippen LogP contribution in [0.4, 0.5) is 0 Å². The Labute approximate surface area is 132 Å². The standard InChI is InChI=1S/C17H14N2O4/c20-13-8-6-12(16(21)17(13)22)7-9-15-18-14(19-23-15)10-11-4-2-1-3-5-11/h1-9,17,21-22H,10H2/b9-7+. The molecule has 23 heavy (non-hydrogen) atoms. The Morgan fingerprint density at radius 3 is 2.74 bits per heavy atom. The molecule has 2 N–H and O–H groups in total. The molecule has 1 aliphatic rings. The first kappa shape index (κ1) is 14.9. The summed E-state index contributed by atoms with van der Waals surface area (Å²) in [6.07, 6.45) is 4.68. The van der Waals surface area contributed by atoms with Gasteiger partial charge >= 0.3 is 0 Å². The first-order valence-corrected chi connectivity index (χ1v) is 7.01. The molecule has 0 aliphatic heterocycles. The smallest absolute Gasteiger partial charge is 0.250 e. The third-order valence-corrected chi connectivity index (χ3v) is 3.35. The lowest BCUT2D eigenvalue weighted by molar-refractivity contribution is -0.122. The van der Waals surface area contributed by atoms with Gasteiger partial charge in [0.1, 0.15) is 5.76 Å². The van der Waals surface area contributed by atoms with Gasteiger partial charge in [-0.2, -0.15) is 4.98 Å². The highest BCUT2D eigenvalue weighted by Crippen LogP contribution is 2.17. The highest BCUT2D eigenvalue weighted by molar-refractivity contribution is 5.97. The lowest BCUT2D eigenvalue weighted by atomic mass is 10.0. The summed E-state index contributed by atoms with van der Waals surface area (Å²) >= 11 is 0. The van der Waals surface area contributed by atoms with Gasteiger partial charge in [-0.1, -0.05) is 35.5 Å². The average Bonchev–Trinajstić information content (AvgIpc) is 3.00. The third kappa shape index (κ3) is 3.44. The van der Waals surface area contributed by atoms with Gasteiger partial charge in [0, 0.05) is 18.1 Å². The SMILES string of the molecule is O=C1C=CC(/C=C/c2nc(Cc3ccccc3)no2)=C(O)C1O. The van der Waals surface area contributed by atoms with Crippen LogP contribution >= 0.6 is 0 Å². The van der Waals surface area contributed by atoms with Crippen LogP contribution in [0.25, 0.3) is 6.08 Å². The first-order chi connectivity index (χ1) is 11.1. The Kier molecular flexibility index (Phi) is 4.16. The van der Waals surface area contributed by atoms with Gasteiger partial charge in [0.05, 0.1) is 0 Å². The molecule has 1 unspecified atom stereocenters. The number of aliphatic hydroxyl groups is 2. The van der Waals surface area contributed by atoms with Crippen LogP contribution in [0.3, 0.4) is 0 Å². The summed E-state index contributed by atoms with van der Waals surface area (Å²) in [6, 6.07) is 9.76. The van der Waals surface area contributed by atoms with E-state index in [2.05, 4.69) is 10.1 Å². The zero-order valence-corrected chi connectivity index (χ0v) is 12.1. The summed E-state index contributed by atoms with van der Waals surface area (Å²) in [5, 5.41) is 23.1. The Balaban J connectivity index is 1.72. The van der Waals surface area contributed by atoms with Crippen molar-refractivity contribution in [1.29, 1.82) is 0 Å². The van der Waals surface area contributed by atoms with Crippen LogP contribution in [0.2, 0.25) is 0 Å². The molecular formula is C17H14N2O4. The van der Waals surface area contributed by atoms with E-state index >= 15 is 0 Å². The molecule has 6 nitrogen and oxygen atoms in total. The van der Waals surface area contributed by atoms with E-state index in [1.54, 1.807) is 0 Å². The van der Waals surface area contributed by atoms with Gasteiger partial charge in [-0.25, -0.2) is 0 Å². The predicted molar refractivity (Wildman–Crippen MR) is 82.4 cm³/mol. The lowest BCUT2D eigenvalue weighted by Crippen LogP contribution is -2.24. The molecule has 0 spiro atoms. The molecule has 6 heteroatoms. The maximum absolute atomic E-state index is 11.2. The molecule has 1 heterocycles. The van der Waals surface area contributed by atoms with Crippen molar-refractivity contribution in [3.05, 3.63) is 77.2 Å². The topological polar surface area (TPSA) is 96.5 Å². The minimum absolute atomic E-state index is 0.274. The van der Waals surface area contributed by atoms with Gasteiger partial charge in [-0.3, -0.25) is 4.79 Å². The average molecular weight is 310 g/mol. The van der Waals surface area contributed by atoms with Crippen LogP contribution in [-0.4, -0.2) is 32.2 Å². The fourth-order valence-corrected chi connectivity index (χ4v) is 2.13. The predicted octanol–water partition coefficient (Wildman–Crippen LogP) is 1.99. The molecule has 116 valence electrons. The van der Waals surface area contributed by atoms with Crippen molar-refractivity contribution in [2.24, 2.45) is 0 Å². The summed E-state index contributed by atoms with van der Waals surface area (Å²) in [5.74, 6) is -0.125. The zero-order chi connectivity index (χ0) is 16.2. The van der Waals surface area contributed by atoms with Gasteiger partial charge in [-0.05, 0) is 23.8 Å². The van der Waals surface area contributed by atoms with Crippen LogP contribution in [0.1, 0.15) is 17.3 Å². The number of hydrogen-bond acceptors (Lipinski definition) is 6. The first-order valence-electron chi connectivity index (χ1n) is 7.01. The molecule has 1 aromatic carbocycles. The quantitative estimate of drug-likeness (QED) is 0.896. The molecule has 0 saturated carbocycles. The molecule has 0 saturated heterocycles. The van der Waals surface area contributed by atoms with Gasteiger partial charge < -0.3 is 14.7 Å². The largest absolute Gasteiger partial charge is 0.508 e. The normalized spacial score (nSPS) is 18.1. The van der Waals surface area contributed by atoms with Gasteiger partial charge in [0.15, 0.2) is 17.7 Å². The molecular weight excluding hydrogens is 296 g/mol. The second-order valence-electron chi connectivity index (χ2n) is 5.02. The summed E-state index contributed by atoms with van der Waals surface area (Å²) in [5.41, 5.74) is 1.39. The van der Waals surface area contributed by atoms with E-state index in [1.807, 2.05) is 30.3 Å². The van der Waals surface area contributed by atoms with E-state index in [4.69, 9.17) is 4.52 Å². The summed E-state index contributed by atoms with van der Waals surface area (Å²) < 4.78 is 5.11. The number of aromatic nitrogens is 2. The van der Waals surface area contributed by atoms with E-state index in [9.17, 15) is 15.0 Å². The highest BCUT2D eigenvalue weighted by atomic mass is 16.5. The third-order valence-electron chi connectivity index (χ3n) is 3.35. The minimum Gasteiger partial charge on any atom is -0.508 e. The number of aliphatic hydroxyl groups excluding tert-OH is 2. The van der Waals surface area contributed by atoms with Crippen molar-refractivity contribution in [2.45, 2.75) is 12.5 Å². The van der Waals surface area contributed by atoms with Crippen LogP contribution in [0.5, 0.6) is 0 Å². The summed E-state index contributed by atoms with van der Waals surface area (Å²) in [6.45, 7) is 0. The van der Waals surface area contributed by atoms with Crippen molar-refractivity contribution >= 4 is 11.9 Å². The summed E-state index contributed by atoms with van der Waals surface area (Å²) in [4.78, 5) is 15.4. The molecule has 1 aliphatic carbocycles. The number of hydrogen-bond donors (Lipinski definition) is 2. The van der Waals surface area contributed by atoms with Crippen LogP contribution in [0, 0.1) is 0 Å². The minimum atomic E-state index is -1.52. The van der Waals surface area contributed by atoms with Gasteiger partial charge in [-0.15, -0.1) is 0 Å². The molecule has 1 aromatic heterocycles. The molecule has 0 radical (unpaired) electrons. The van der Waals surface area contributed by atoms with Crippen molar-refractivity contribution in [3.63, 3.8) is 0 Å². The number of ketones is 1. The molecule has 0 bridgehead atoms. The van der Waals surface area contributed by atoms with E-state index in [0.717, 1.165) is 5.56 Å². The second-order valence-corrected chi connectivity index (χ2v) is 5.02. The fourth-order valence-electron chi connectivity index (χ4n) is 2.13. The van der Waals surface area contributed by atoms with Gasteiger partial charge in [0.2, 0.25) is 0 Å². The molecule has 3 rings (SSSR count). The van der Waals surface area contributed by atoms with Crippen molar-refractivity contribution in [1.82, 2.24) is 10.1 Å². The molecule has 1 atom stereocenters. The number of benzene rings is 1. The Morgan fingerprint density at radius 2 is 1.96 bits per heavy atom. The van der Waals surface area contributed by atoms with E-state index in [-0.39, 0.29) is 5.89 Å². The Bertz CT molecular complexity index is 803. The number of allylic oxidation sites excluding steroid dienone is 3. The zero-order valence-electron chi connectivity index (χ0n) is 12.1. The van der Waals surface area contributed by atoms with E-state index in [0.29, 0.717) is 17.8 Å². The number of carbonyl (C=O) groups is 1. The molecule has 2 aromatic rings. The van der Waals surface area contributed by atoms with Gasteiger partial charge in [0.25, 0.3) is 5.89 Å². The van der Waals surface area contributed by atoms with Crippen LogP contribution in [0.15, 0.2) is 64.4 Å². The lowest BCUT2D eigenvalue weighted by Gasteiger charge is -2.12. The summed E-state index contributed by atoms with van der Waals surface area (Å²) in [7, 11) is 0. The number of rotatable bonds is 4. The van der Waals surface area contributed by atoms with Crippen molar-refractivity contribution in [3.8, 4) is 0 Å². The highest BCUT2D eigenvalue weighted by Gasteiger charge is 2.22. The number of carbonyl (C=O) groups excluding carboxylic acids is 1. The Hall–Kier alpha value is -2.99. The van der Waals surface area contributed by atoms with E-state index in [1.165, 1.54) is 24.3 Å². The maximum atomic E-state index is 11.2. The van der Waals surface area contributed by atoms with Crippen LogP contribution in [-0.2, 0) is 11.2 Å². The van der Waals surface area contributed by atoms with Crippen LogP contribution < -0.4 is 0 Å². The Morgan fingerprint density at radius 1 is 1.17 bits per heavy atom. The second kappa shape index (κ2) is 6.41. The molecule has 0 fully saturated rings. The maximum Gasteiger partial charge on any atom is 0.250 e.